The lowest BCUT2D eigenvalue weighted by Crippen LogP contribution is -2.04. The number of aryl methyl sites for hydroxylation is 1. The summed E-state index contributed by atoms with van der Waals surface area (Å²) in [6, 6.07) is 2.42. The fraction of sp³-hybridized carbons (Fsp3) is 0.571. The van der Waals surface area contributed by atoms with Gasteiger partial charge >= 0.3 is 0 Å². The Balaban J connectivity index is 2.26. The topological polar surface area (TPSA) is 43.8 Å². The highest BCUT2D eigenvalue weighted by Crippen LogP contribution is 2.38. The van der Waals surface area contributed by atoms with Gasteiger partial charge in [-0.2, -0.15) is 5.10 Å². The van der Waals surface area contributed by atoms with Gasteiger partial charge in [-0.1, -0.05) is 0 Å². The molecule has 3 nitrogen and oxygen atoms in total. The largest absolute Gasteiger partial charge is 0.327 e. The van der Waals surface area contributed by atoms with Gasteiger partial charge in [-0.3, -0.25) is 4.68 Å². The van der Waals surface area contributed by atoms with Crippen molar-refractivity contribution in [2.75, 3.05) is 0 Å². The van der Waals surface area contributed by atoms with E-state index in [2.05, 4.69) is 5.10 Å². The average molecular weight is 137 g/mol. The maximum atomic E-state index is 5.69. The normalized spacial score (nSPS) is 30.6. The van der Waals surface area contributed by atoms with Gasteiger partial charge < -0.3 is 5.73 Å². The fourth-order valence-corrected chi connectivity index (χ4v) is 1.30. The zero-order valence-electron chi connectivity index (χ0n) is 5.99. The third-order valence-corrected chi connectivity index (χ3v) is 2.08. The van der Waals surface area contributed by atoms with Crippen molar-refractivity contribution in [2.24, 2.45) is 12.8 Å². The third kappa shape index (κ3) is 0.743. The Morgan fingerprint density at radius 1 is 1.80 bits per heavy atom. The van der Waals surface area contributed by atoms with Crippen LogP contribution in [0.1, 0.15) is 18.0 Å². The summed E-state index contributed by atoms with van der Waals surface area (Å²) in [7, 11) is 1.96. The molecule has 1 heterocycles. The van der Waals surface area contributed by atoms with E-state index in [0.29, 0.717) is 12.0 Å². The van der Waals surface area contributed by atoms with E-state index < -0.39 is 0 Å². The van der Waals surface area contributed by atoms with Crippen molar-refractivity contribution in [3.8, 4) is 0 Å². The van der Waals surface area contributed by atoms with E-state index in [1.807, 2.05) is 24.0 Å². The first-order chi connectivity index (χ1) is 4.79. The van der Waals surface area contributed by atoms with Crippen LogP contribution in [0.2, 0.25) is 0 Å². The molecule has 0 amide bonds. The maximum Gasteiger partial charge on any atom is 0.0492 e. The minimum Gasteiger partial charge on any atom is -0.327 e. The molecule has 0 bridgehead atoms. The first-order valence-electron chi connectivity index (χ1n) is 3.52. The Kier molecular flexibility index (Phi) is 1.08. The van der Waals surface area contributed by atoms with E-state index in [9.17, 15) is 0 Å². The molecule has 0 aromatic carbocycles. The molecule has 2 N–H and O–H groups in total. The molecular weight excluding hydrogens is 126 g/mol. The van der Waals surface area contributed by atoms with E-state index in [4.69, 9.17) is 5.73 Å². The summed E-state index contributed by atoms with van der Waals surface area (Å²) < 4.78 is 1.90. The van der Waals surface area contributed by atoms with Crippen LogP contribution in [0, 0.1) is 0 Å². The summed E-state index contributed by atoms with van der Waals surface area (Å²) in [6.07, 6.45) is 2.94. The monoisotopic (exact) mass is 137 g/mol. The second kappa shape index (κ2) is 1.83. The van der Waals surface area contributed by atoms with Crippen LogP contribution in [-0.4, -0.2) is 15.8 Å². The molecule has 0 unspecified atom stereocenters. The minimum absolute atomic E-state index is 0.385. The Labute approximate surface area is 59.8 Å². The molecule has 54 valence electrons. The lowest BCUT2D eigenvalue weighted by atomic mass is 10.3. The molecule has 2 rings (SSSR count). The van der Waals surface area contributed by atoms with E-state index in [1.54, 1.807) is 0 Å². The van der Waals surface area contributed by atoms with Crippen LogP contribution in [0.3, 0.4) is 0 Å². The standard InChI is InChI=1S/C7H11N3/c1-10-7(2-3-9-10)5-4-6(5)8/h2-3,5-6H,4,8H2,1H3/t5-,6+/m1/s1. The Bertz CT molecular complexity index is 241. The summed E-state index contributed by atoms with van der Waals surface area (Å²) in [6.45, 7) is 0. The van der Waals surface area contributed by atoms with E-state index in [0.717, 1.165) is 6.42 Å². The van der Waals surface area contributed by atoms with Crippen LogP contribution in [0.5, 0.6) is 0 Å². The molecular formula is C7H11N3. The van der Waals surface area contributed by atoms with E-state index >= 15 is 0 Å². The molecule has 1 fully saturated rings. The van der Waals surface area contributed by atoms with Gasteiger partial charge in [-0.15, -0.1) is 0 Å². The number of nitrogens with two attached hydrogens (primary N) is 1. The predicted octanol–water partition coefficient (Wildman–Crippen LogP) is 0.235. The summed E-state index contributed by atoms with van der Waals surface area (Å²) >= 11 is 0. The lowest BCUT2D eigenvalue weighted by molar-refractivity contribution is 0.707. The fourth-order valence-electron chi connectivity index (χ4n) is 1.30. The van der Waals surface area contributed by atoms with Crippen molar-refractivity contribution in [1.29, 1.82) is 0 Å². The second-order valence-corrected chi connectivity index (χ2v) is 2.89. The van der Waals surface area contributed by atoms with Gasteiger partial charge in [-0.25, -0.2) is 0 Å². The van der Waals surface area contributed by atoms with Crippen molar-refractivity contribution in [3.63, 3.8) is 0 Å². The van der Waals surface area contributed by atoms with Crippen LogP contribution in [0.4, 0.5) is 0 Å². The maximum absolute atomic E-state index is 5.69. The van der Waals surface area contributed by atoms with Crippen LogP contribution in [-0.2, 0) is 7.05 Å². The van der Waals surface area contributed by atoms with Gasteiger partial charge in [0.2, 0.25) is 0 Å². The molecule has 2 atom stereocenters. The Morgan fingerprint density at radius 2 is 2.50 bits per heavy atom. The predicted molar refractivity (Wildman–Crippen MR) is 38.5 cm³/mol. The van der Waals surface area contributed by atoms with Gasteiger partial charge in [0, 0.05) is 30.9 Å². The molecule has 0 aliphatic heterocycles. The zero-order chi connectivity index (χ0) is 7.14. The number of hydrogen-bond donors (Lipinski definition) is 1. The summed E-state index contributed by atoms with van der Waals surface area (Å²) in [5.41, 5.74) is 6.96. The summed E-state index contributed by atoms with van der Waals surface area (Å²) in [4.78, 5) is 0. The second-order valence-electron chi connectivity index (χ2n) is 2.89. The first-order valence-corrected chi connectivity index (χ1v) is 3.52. The summed E-state index contributed by atoms with van der Waals surface area (Å²) in [5, 5.41) is 4.07. The molecule has 0 spiro atoms. The van der Waals surface area contributed by atoms with Crippen molar-refractivity contribution >= 4 is 0 Å². The van der Waals surface area contributed by atoms with Crippen LogP contribution in [0.25, 0.3) is 0 Å². The summed E-state index contributed by atoms with van der Waals surface area (Å²) in [5.74, 6) is 0.576. The quantitative estimate of drug-likeness (QED) is 0.602. The smallest absolute Gasteiger partial charge is 0.0492 e. The Hall–Kier alpha value is -0.830. The molecule has 0 saturated heterocycles. The highest BCUT2D eigenvalue weighted by molar-refractivity contribution is 5.19. The third-order valence-electron chi connectivity index (χ3n) is 2.08. The van der Waals surface area contributed by atoms with Gasteiger partial charge in [0.15, 0.2) is 0 Å². The van der Waals surface area contributed by atoms with Crippen molar-refractivity contribution in [1.82, 2.24) is 9.78 Å². The van der Waals surface area contributed by atoms with Crippen molar-refractivity contribution in [3.05, 3.63) is 18.0 Å². The van der Waals surface area contributed by atoms with Gasteiger partial charge in [-0.05, 0) is 12.5 Å². The SMILES string of the molecule is Cn1nccc1[C@@H]1C[C@@H]1N. The molecule has 0 radical (unpaired) electrons. The van der Waals surface area contributed by atoms with Gasteiger partial charge in [0.25, 0.3) is 0 Å². The number of aromatic nitrogens is 2. The number of nitrogens with zero attached hydrogens (tertiary/aromatic N) is 2. The first kappa shape index (κ1) is 5.92. The molecule has 10 heavy (non-hydrogen) atoms. The van der Waals surface area contributed by atoms with E-state index in [1.165, 1.54) is 5.69 Å². The molecule has 1 aliphatic carbocycles. The number of hydrogen-bond acceptors (Lipinski definition) is 2. The minimum atomic E-state index is 0.385. The molecule has 1 saturated carbocycles. The molecule has 1 aromatic rings. The molecule has 1 aromatic heterocycles. The van der Waals surface area contributed by atoms with Crippen LogP contribution < -0.4 is 5.73 Å². The zero-order valence-corrected chi connectivity index (χ0v) is 5.99. The lowest BCUT2D eigenvalue weighted by Gasteiger charge is -1.96. The average Bonchev–Trinajstić information content (AvgIpc) is 2.42. The highest BCUT2D eigenvalue weighted by atomic mass is 15.3. The van der Waals surface area contributed by atoms with Crippen molar-refractivity contribution < 1.29 is 0 Å². The van der Waals surface area contributed by atoms with Crippen molar-refractivity contribution in [2.45, 2.75) is 18.4 Å². The Morgan fingerprint density at radius 3 is 2.90 bits per heavy atom. The van der Waals surface area contributed by atoms with E-state index in [-0.39, 0.29) is 0 Å². The molecule has 1 aliphatic rings. The number of rotatable bonds is 1. The van der Waals surface area contributed by atoms with Gasteiger partial charge in [0.1, 0.15) is 0 Å². The van der Waals surface area contributed by atoms with Crippen LogP contribution in [0.15, 0.2) is 12.3 Å². The molecule has 3 heteroatoms. The highest BCUT2D eigenvalue weighted by Gasteiger charge is 2.36. The van der Waals surface area contributed by atoms with Gasteiger partial charge in [0.05, 0.1) is 0 Å². The van der Waals surface area contributed by atoms with Crippen LogP contribution >= 0.6 is 0 Å².